The van der Waals surface area contributed by atoms with E-state index < -0.39 is 16.6 Å². The van der Waals surface area contributed by atoms with Gasteiger partial charge in [-0.1, -0.05) is 12.1 Å². The maximum Gasteiger partial charge on any atom is 0.410 e. The van der Waals surface area contributed by atoms with Gasteiger partial charge in [-0.2, -0.15) is 0 Å². The number of ketones is 1. The third kappa shape index (κ3) is 5.16. The first kappa shape index (κ1) is 17.6. The van der Waals surface area contributed by atoms with Crippen molar-refractivity contribution < 1.29 is 19.2 Å². The Morgan fingerprint density at radius 3 is 2.45 bits per heavy atom. The van der Waals surface area contributed by atoms with Gasteiger partial charge >= 0.3 is 6.09 Å². The molecule has 0 atom stereocenters. The standard InChI is InChI=1S/C15H20N2O5/c1-5-16(14(19)22-15(2,3)4)10-13(18)11-7-6-8-12(9-11)17(20)21/h6-9H,5,10H2,1-4H3. The number of hydrogen-bond acceptors (Lipinski definition) is 5. The van der Waals surface area contributed by atoms with E-state index in [0.29, 0.717) is 6.54 Å². The Kier molecular flexibility index (Phi) is 5.62. The molecule has 1 amide bonds. The molecule has 0 aliphatic carbocycles. The number of hydrogen-bond donors (Lipinski definition) is 0. The molecule has 0 N–H and O–H groups in total. The fraction of sp³-hybridized carbons (Fsp3) is 0.467. The highest BCUT2D eigenvalue weighted by Gasteiger charge is 2.23. The molecule has 0 fully saturated rings. The SMILES string of the molecule is CCN(CC(=O)c1cccc([N+](=O)[O-])c1)C(=O)OC(C)(C)C. The van der Waals surface area contributed by atoms with Crippen LogP contribution in [0.15, 0.2) is 24.3 Å². The minimum atomic E-state index is -0.654. The van der Waals surface area contributed by atoms with E-state index in [-0.39, 0.29) is 23.6 Å². The van der Waals surface area contributed by atoms with E-state index >= 15 is 0 Å². The Balaban J connectivity index is 2.83. The second-order valence-corrected chi connectivity index (χ2v) is 5.73. The number of non-ortho nitro benzene ring substituents is 1. The van der Waals surface area contributed by atoms with Gasteiger partial charge in [-0.3, -0.25) is 14.9 Å². The van der Waals surface area contributed by atoms with Crippen molar-refractivity contribution in [1.29, 1.82) is 0 Å². The highest BCUT2D eigenvalue weighted by atomic mass is 16.6. The number of nitro benzene ring substituents is 1. The Labute approximate surface area is 129 Å². The van der Waals surface area contributed by atoms with Gasteiger partial charge in [-0.05, 0) is 27.7 Å². The molecule has 0 unspecified atom stereocenters. The lowest BCUT2D eigenvalue weighted by Crippen LogP contribution is -2.39. The van der Waals surface area contributed by atoms with Crippen LogP contribution < -0.4 is 0 Å². The lowest BCUT2D eigenvalue weighted by Gasteiger charge is -2.26. The van der Waals surface area contributed by atoms with Crippen molar-refractivity contribution in [3.63, 3.8) is 0 Å². The van der Waals surface area contributed by atoms with Crippen molar-refractivity contribution in [2.24, 2.45) is 0 Å². The zero-order valence-corrected chi connectivity index (χ0v) is 13.2. The molecule has 0 spiro atoms. The molecule has 0 bridgehead atoms. The van der Waals surface area contributed by atoms with Gasteiger partial charge in [-0.15, -0.1) is 0 Å². The van der Waals surface area contributed by atoms with Gasteiger partial charge in [0.25, 0.3) is 5.69 Å². The van der Waals surface area contributed by atoms with E-state index in [0.717, 1.165) is 0 Å². The maximum absolute atomic E-state index is 12.2. The molecule has 1 aromatic carbocycles. The number of ether oxygens (including phenoxy) is 1. The van der Waals surface area contributed by atoms with Crippen LogP contribution in [0.3, 0.4) is 0 Å². The molecule has 0 radical (unpaired) electrons. The van der Waals surface area contributed by atoms with Crippen LogP contribution >= 0.6 is 0 Å². The Morgan fingerprint density at radius 2 is 1.95 bits per heavy atom. The smallest absolute Gasteiger partial charge is 0.410 e. The third-order valence-corrected chi connectivity index (χ3v) is 2.75. The topological polar surface area (TPSA) is 89.8 Å². The summed E-state index contributed by atoms with van der Waals surface area (Å²) < 4.78 is 5.22. The lowest BCUT2D eigenvalue weighted by molar-refractivity contribution is -0.384. The lowest BCUT2D eigenvalue weighted by atomic mass is 10.1. The van der Waals surface area contributed by atoms with Crippen molar-refractivity contribution in [3.05, 3.63) is 39.9 Å². The van der Waals surface area contributed by atoms with Crippen LogP contribution in [0.4, 0.5) is 10.5 Å². The quantitative estimate of drug-likeness (QED) is 0.474. The average molecular weight is 308 g/mol. The highest BCUT2D eigenvalue weighted by Crippen LogP contribution is 2.15. The first-order valence-electron chi connectivity index (χ1n) is 6.89. The molecule has 1 rings (SSSR count). The fourth-order valence-corrected chi connectivity index (χ4v) is 1.69. The van der Waals surface area contributed by atoms with Gasteiger partial charge in [0.15, 0.2) is 5.78 Å². The number of carbonyl (C=O) groups is 2. The van der Waals surface area contributed by atoms with E-state index in [1.54, 1.807) is 27.7 Å². The van der Waals surface area contributed by atoms with Crippen molar-refractivity contribution in [1.82, 2.24) is 4.90 Å². The Bertz CT molecular complexity index is 578. The van der Waals surface area contributed by atoms with Crippen LogP contribution in [-0.2, 0) is 4.74 Å². The number of nitrogens with zero attached hydrogens (tertiary/aromatic N) is 2. The van der Waals surface area contributed by atoms with Crippen LogP contribution in [0.1, 0.15) is 38.1 Å². The third-order valence-electron chi connectivity index (χ3n) is 2.75. The van der Waals surface area contributed by atoms with E-state index in [9.17, 15) is 19.7 Å². The highest BCUT2D eigenvalue weighted by molar-refractivity contribution is 5.99. The molecule has 7 nitrogen and oxygen atoms in total. The number of amides is 1. The zero-order valence-electron chi connectivity index (χ0n) is 13.2. The molecule has 1 aromatic rings. The summed E-state index contributed by atoms with van der Waals surface area (Å²) in [5, 5.41) is 10.7. The Hall–Kier alpha value is -2.44. The number of benzene rings is 1. The number of likely N-dealkylation sites (N-methyl/N-ethyl adjacent to an activating group) is 1. The zero-order chi connectivity index (χ0) is 16.9. The molecule has 0 saturated carbocycles. The maximum atomic E-state index is 12.2. The van der Waals surface area contributed by atoms with Gasteiger partial charge in [0.2, 0.25) is 0 Å². The van der Waals surface area contributed by atoms with Crippen LogP contribution in [0.5, 0.6) is 0 Å². The summed E-state index contributed by atoms with van der Waals surface area (Å²) in [6.07, 6.45) is -0.589. The summed E-state index contributed by atoms with van der Waals surface area (Å²) in [7, 11) is 0. The molecule has 0 aliphatic rings. The average Bonchev–Trinajstić information content (AvgIpc) is 2.42. The summed E-state index contributed by atoms with van der Waals surface area (Å²) >= 11 is 0. The number of rotatable bonds is 5. The van der Waals surface area contributed by atoms with Crippen molar-refractivity contribution >= 4 is 17.6 Å². The number of carbonyl (C=O) groups excluding carboxylic acids is 2. The number of Topliss-reactive ketones (excluding diaryl/α,β-unsaturated/α-hetero) is 1. The molecular weight excluding hydrogens is 288 g/mol. The normalized spacial score (nSPS) is 10.9. The Morgan fingerprint density at radius 1 is 1.32 bits per heavy atom. The van der Waals surface area contributed by atoms with Crippen LogP contribution in [0.25, 0.3) is 0 Å². The van der Waals surface area contributed by atoms with Crippen molar-refractivity contribution in [3.8, 4) is 0 Å². The molecule has 0 saturated heterocycles. The van der Waals surface area contributed by atoms with Crippen LogP contribution in [-0.4, -0.2) is 40.4 Å². The van der Waals surface area contributed by atoms with E-state index in [4.69, 9.17) is 4.74 Å². The van der Waals surface area contributed by atoms with Crippen LogP contribution in [0.2, 0.25) is 0 Å². The predicted octanol–water partition coefficient (Wildman–Crippen LogP) is 3.03. The minimum absolute atomic E-state index is 0.161. The summed E-state index contributed by atoms with van der Waals surface area (Å²) in [6.45, 7) is 7.05. The molecule has 22 heavy (non-hydrogen) atoms. The molecule has 0 heterocycles. The first-order chi connectivity index (χ1) is 10.1. The van der Waals surface area contributed by atoms with E-state index in [2.05, 4.69) is 0 Å². The van der Waals surface area contributed by atoms with Gasteiger partial charge in [0.05, 0.1) is 11.5 Å². The summed E-state index contributed by atoms with van der Waals surface area (Å²) in [4.78, 5) is 35.6. The molecule has 7 heteroatoms. The largest absolute Gasteiger partial charge is 0.444 e. The second-order valence-electron chi connectivity index (χ2n) is 5.73. The molecule has 0 aliphatic heterocycles. The minimum Gasteiger partial charge on any atom is -0.444 e. The van der Waals surface area contributed by atoms with Gasteiger partial charge in [-0.25, -0.2) is 4.79 Å². The summed E-state index contributed by atoms with van der Waals surface area (Å²) in [6, 6.07) is 5.43. The first-order valence-corrected chi connectivity index (χ1v) is 6.89. The predicted molar refractivity (Wildman–Crippen MR) is 80.9 cm³/mol. The number of nitro groups is 1. The second kappa shape index (κ2) is 7.02. The van der Waals surface area contributed by atoms with Crippen molar-refractivity contribution in [2.75, 3.05) is 13.1 Å². The summed E-state index contributed by atoms with van der Waals surface area (Å²) in [5.41, 5.74) is -0.624. The van der Waals surface area contributed by atoms with Crippen molar-refractivity contribution in [2.45, 2.75) is 33.3 Å². The van der Waals surface area contributed by atoms with E-state index in [1.165, 1.54) is 29.2 Å². The molecule has 120 valence electrons. The van der Waals surface area contributed by atoms with Gasteiger partial charge in [0.1, 0.15) is 5.60 Å². The van der Waals surface area contributed by atoms with Gasteiger partial charge < -0.3 is 9.64 Å². The van der Waals surface area contributed by atoms with Gasteiger partial charge in [0, 0.05) is 24.2 Å². The van der Waals surface area contributed by atoms with Crippen LogP contribution in [0, 0.1) is 10.1 Å². The molecule has 0 aromatic heterocycles. The molecular formula is C15H20N2O5. The monoisotopic (exact) mass is 308 g/mol. The summed E-state index contributed by atoms with van der Waals surface area (Å²) in [5.74, 6) is -0.378. The van der Waals surface area contributed by atoms with E-state index in [1.807, 2.05) is 0 Å². The fourth-order valence-electron chi connectivity index (χ4n) is 1.69.